The van der Waals surface area contributed by atoms with Crippen molar-refractivity contribution in [3.63, 3.8) is 0 Å². The highest BCUT2D eigenvalue weighted by Crippen LogP contribution is 2.37. The Labute approximate surface area is 122 Å². The minimum atomic E-state index is -0.374. The Bertz CT molecular complexity index is 480. The molecule has 3 rings (SSSR count). The average molecular weight is 303 g/mol. The van der Waals surface area contributed by atoms with E-state index in [-0.39, 0.29) is 5.79 Å². The van der Waals surface area contributed by atoms with E-state index in [0.29, 0.717) is 28.9 Å². The maximum Gasteiger partial charge on any atom is 0.171 e. The molecule has 1 aromatic carbocycles. The maximum absolute atomic E-state index is 6.06. The van der Waals surface area contributed by atoms with Crippen LogP contribution in [0.2, 0.25) is 10.0 Å². The van der Waals surface area contributed by atoms with Crippen molar-refractivity contribution < 1.29 is 9.47 Å². The van der Waals surface area contributed by atoms with Gasteiger partial charge >= 0.3 is 0 Å². The molecule has 1 spiro atoms. The molecular formula is C13H16Cl2N2O2. The molecular weight excluding hydrogens is 287 g/mol. The summed E-state index contributed by atoms with van der Waals surface area (Å²) in [6.07, 6.45) is 1.68. The summed E-state index contributed by atoms with van der Waals surface area (Å²) < 4.78 is 11.4. The van der Waals surface area contributed by atoms with Crippen LogP contribution in [0.5, 0.6) is 0 Å². The minimum Gasteiger partial charge on any atom is -0.397 e. The van der Waals surface area contributed by atoms with E-state index in [0.717, 1.165) is 31.6 Å². The number of nitrogen functional groups attached to an aromatic ring is 1. The normalized spacial score (nSPS) is 22.1. The van der Waals surface area contributed by atoms with Crippen LogP contribution in [-0.2, 0) is 9.47 Å². The van der Waals surface area contributed by atoms with Gasteiger partial charge in [-0.25, -0.2) is 0 Å². The fraction of sp³-hybridized carbons (Fsp3) is 0.538. The standard InChI is InChI=1S/C13H16Cl2N2O2/c14-9-7-11(16)12(8-10(9)15)17-3-1-13(2-4-17)18-5-6-19-13/h7-8H,1-6,16H2. The van der Waals surface area contributed by atoms with Crippen LogP contribution in [0.1, 0.15) is 12.8 Å². The van der Waals surface area contributed by atoms with Gasteiger partial charge in [-0.15, -0.1) is 0 Å². The van der Waals surface area contributed by atoms with Crippen LogP contribution < -0.4 is 10.6 Å². The summed E-state index contributed by atoms with van der Waals surface area (Å²) in [5.74, 6) is -0.374. The summed E-state index contributed by atoms with van der Waals surface area (Å²) >= 11 is 12.0. The van der Waals surface area contributed by atoms with Crippen LogP contribution in [0.25, 0.3) is 0 Å². The van der Waals surface area contributed by atoms with E-state index in [1.165, 1.54) is 0 Å². The van der Waals surface area contributed by atoms with Gasteiger partial charge in [0.1, 0.15) is 0 Å². The third kappa shape index (κ3) is 2.50. The van der Waals surface area contributed by atoms with Crippen molar-refractivity contribution in [3.05, 3.63) is 22.2 Å². The number of anilines is 2. The molecule has 2 fully saturated rings. The number of ether oxygens (including phenoxy) is 2. The minimum absolute atomic E-state index is 0.374. The quantitative estimate of drug-likeness (QED) is 0.810. The Morgan fingerprint density at radius 2 is 1.63 bits per heavy atom. The second kappa shape index (κ2) is 5.02. The fourth-order valence-electron chi connectivity index (χ4n) is 2.70. The van der Waals surface area contributed by atoms with Crippen molar-refractivity contribution in [1.82, 2.24) is 0 Å². The average Bonchev–Trinajstić information content (AvgIpc) is 2.84. The lowest BCUT2D eigenvalue weighted by atomic mass is 10.0. The van der Waals surface area contributed by atoms with Gasteiger partial charge in [-0.1, -0.05) is 23.2 Å². The van der Waals surface area contributed by atoms with Crippen LogP contribution in [0.3, 0.4) is 0 Å². The second-order valence-electron chi connectivity index (χ2n) is 4.92. The Kier molecular flexibility index (Phi) is 3.52. The Morgan fingerprint density at radius 1 is 1.05 bits per heavy atom. The number of nitrogens with zero attached hydrogens (tertiary/aromatic N) is 1. The largest absolute Gasteiger partial charge is 0.397 e. The molecule has 0 aliphatic carbocycles. The van der Waals surface area contributed by atoms with Crippen molar-refractivity contribution >= 4 is 34.6 Å². The second-order valence-corrected chi connectivity index (χ2v) is 5.73. The molecule has 4 nitrogen and oxygen atoms in total. The maximum atomic E-state index is 6.06. The predicted octanol–water partition coefficient (Wildman–Crippen LogP) is 2.92. The lowest BCUT2D eigenvalue weighted by Crippen LogP contribution is -2.45. The number of benzene rings is 1. The van der Waals surface area contributed by atoms with Gasteiger partial charge in [-0.3, -0.25) is 0 Å². The van der Waals surface area contributed by atoms with Crippen LogP contribution in [0.4, 0.5) is 11.4 Å². The molecule has 0 saturated carbocycles. The zero-order valence-corrected chi connectivity index (χ0v) is 12.0. The highest BCUT2D eigenvalue weighted by molar-refractivity contribution is 6.42. The first kappa shape index (κ1) is 13.3. The Balaban J connectivity index is 1.76. The summed E-state index contributed by atoms with van der Waals surface area (Å²) in [4.78, 5) is 2.20. The van der Waals surface area contributed by atoms with Crippen molar-refractivity contribution in [2.75, 3.05) is 36.9 Å². The molecule has 19 heavy (non-hydrogen) atoms. The molecule has 2 heterocycles. The van der Waals surface area contributed by atoms with E-state index in [4.69, 9.17) is 38.4 Å². The molecule has 0 unspecified atom stereocenters. The third-order valence-corrected chi connectivity index (χ3v) is 4.47. The van der Waals surface area contributed by atoms with Gasteiger partial charge in [-0.2, -0.15) is 0 Å². The molecule has 0 bridgehead atoms. The van der Waals surface area contributed by atoms with Gasteiger partial charge in [0.15, 0.2) is 5.79 Å². The Morgan fingerprint density at radius 3 is 2.26 bits per heavy atom. The van der Waals surface area contributed by atoms with Crippen LogP contribution in [-0.4, -0.2) is 32.1 Å². The van der Waals surface area contributed by atoms with Crippen molar-refractivity contribution in [1.29, 1.82) is 0 Å². The zero-order chi connectivity index (χ0) is 13.5. The molecule has 0 amide bonds. The summed E-state index contributed by atoms with van der Waals surface area (Å²) in [6, 6.07) is 3.53. The van der Waals surface area contributed by atoms with Crippen molar-refractivity contribution in [2.24, 2.45) is 0 Å². The highest BCUT2D eigenvalue weighted by Gasteiger charge is 2.40. The molecule has 0 atom stereocenters. The van der Waals surface area contributed by atoms with E-state index in [1.807, 2.05) is 6.07 Å². The van der Waals surface area contributed by atoms with Gasteiger partial charge in [0, 0.05) is 25.9 Å². The molecule has 1 aromatic rings. The smallest absolute Gasteiger partial charge is 0.171 e. The number of nitrogens with two attached hydrogens (primary N) is 1. The van der Waals surface area contributed by atoms with Crippen molar-refractivity contribution in [2.45, 2.75) is 18.6 Å². The third-order valence-electron chi connectivity index (χ3n) is 3.75. The van der Waals surface area contributed by atoms with Gasteiger partial charge < -0.3 is 20.1 Å². The molecule has 0 radical (unpaired) electrons. The van der Waals surface area contributed by atoms with E-state index < -0.39 is 0 Å². The van der Waals surface area contributed by atoms with Crippen LogP contribution >= 0.6 is 23.2 Å². The predicted molar refractivity (Wildman–Crippen MR) is 77.0 cm³/mol. The number of rotatable bonds is 1. The lowest BCUT2D eigenvalue weighted by molar-refractivity contribution is -0.169. The number of hydrogen-bond donors (Lipinski definition) is 1. The summed E-state index contributed by atoms with van der Waals surface area (Å²) in [5.41, 5.74) is 7.60. The summed E-state index contributed by atoms with van der Waals surface area (Å²) in [6.45, 7) is 3.05. The van der Waals surface area contributed by atoms with Gasteiger partial charge in [0.2, 0.25) is 0 Å². The summed E-state index contributed by atoms with van der Waals surface area (Å²) in [5, 5.41) is 1.01. The van der Waals surface area contributed by atoms with E-state index in [1.54, 1.807) is 6.07 Å². The first-order valence-electron chi connectivity index (χ1n) is 6.37. The number of piperidine rings is 1. The summed E-state index contributed by atoms with van der Waals surface area (Å²) in [7, 11) is 0. The van der Waals surface area contributed by atoms with E-state index >= 15 is 0 Å². The lowest BCUT2D eigenvalue weighted by Gasteiger charge is -2.39. The molecule has 6 heteroatoms. The molecule has 104 valence electrons. The van der Waals surface area contributed by atoms with Gasteiger partial charge in [0.25, 0.3) is 0 Å². The molecule has 2 aliphatic rings. The number of halogens is 2. The van der Waals surface area contributed by atoms with Crippen molar-refractivity contribution in [3.8, 4) is 0 Å². The topological polar surface area (TPSA) is 47.7 Å². The molecule has 2 aliphatic heterocycles. The van der Waals surface area contributed by atoms with E-state index in [9.17, 15) is 0 Å². The zero-order valence-electron chi connectivity index (χ0n) is 10.5. The molecule has 2 saturated heterocycles. The number of hydrogen-bond acceptors (Lipinski definition) is 4. The molecule has 0 aromatic heterocycles. The molecule has 2 N–H and O–H groups in total. The first-order chi connectivity index (χ1) is 9.10. The highest BCUT2D eigenvalue weighted by atomic mass is 35.5. The monoisotopic (exact) mass is 302 g/mol. The van der Waals surface area contributed by atoms with Gasteiger partial charge in [-0.05, 0) is 12.1 Å². The SMILES string of the molecule is Nc1cc(Cl)c(Cl)cc1N1CCC2(CC1)OCCO2. The fourth-order valence-corrected chi connectivity index (χ4v) is 3.03. The Hall–Kier alpha value is -0.680. The first-order valence-corrected chi connectivity index (χ1v) is 7.13. The van der Waals surface area contributed by atoms with E-state index in [2.05, 4.69) is 4.90 Å². The van der Waals surface area contributed by atoms with Gasteiger partial charge in [0.05, 0.1) is 34.6 Å². The van der Waals surface area contributed by atoms with Crippen LogP contribution in [0, 0.1) is 0 Å². The van der Waals surface area contributed by atoms with Crippen LogP contribution in [0.15, 0.2) is 12.1 Å².